The van der Waals surface area contributed by atoms with E-state index in [1.807, 2.05) is 18.2 Å². The predicted octanol–water partition coefficient (Wildman–Crippen LogP) is 3.91. The second kappa shape index (κ2) is 6.36. The van der Waals surface area contributed by atoms with E-state index in [1.54, 1.807) is 6.20 Å². The van der Waals surface area contributed by atoms with Gasteiger partial charge in [-0.3, -0.25) is 0 Å². The number of halogens is 2. The second-order valence-electron chi connectivity index (χ2n) is 3.82. The maximum absolute atomic E-state index is 6.22. The van der Waals surface area contributed by atoms with Gasteiger partial charge in [0.05, 0.1) is 11.2 Å². The molecule has 1 heterocycles. The highest BCUT2D eigenvalue weighted by Crippen LogP contribution is 2.33. The van der Waals surface area contributed by atoms with Crippen LogP contribution in [-0.4, -0.2) is 18.1 Å². The smallest absolute Gasteiger partial charge is 0.196 e. The van der Waals surface area contributed by atoms with E-state index >= 15 is 0 Å². The molecule has 2 aromatic rings. The largest absolute Gasteiger partial charge is 0.441 e. The van der Waals surface area contributed by atoms with Gasteiger partial charge in [-0.1, -0.05) is 24.6 Å². The number of likely N-dealkylation sites (N-methyl/N-ethyl adjacent to an activating group) is 1. The van der Waals surface area contributed by atoms with Crippen molar-refractivity contribution < 1.29 is 4.42 Å². The van der Waals surface area contributed by atoms with E-state index in [0.29, 0.717) is 10.8 Å². The molecule has 0 aliphatic carbocycles. The molecule has 5 heteroatoms. The van der Waals surface area contributed by atoms with Gasteiger partial charge in [0.15, 0.2) is 11.7 Å². The first kappa shape index (κ1) is 13.6. The third-order valence-electron chi connectivity index (χ3n) is 2.54. The molecule has 1 aromatic carbocycles. The van der Waals surface area contributed by atoms with Crippen molar-refractivity contribution in [3.05, 3.63) is 39.8 Å². The molecule has 0 radical (unpaired) electrons. The van der Waals surface area contributed by atoms with Gasteiger partial charge in [-0.2, -0.15) is 0 Å². The van der Waals surface area contributed by atoms with Crippen molar-refractivity contribution in [1.82, 2.24) is 10.3 Å². The number of oxazole rings is 1. The highest BCUT2D eigenvalue weighted by atomic mass is 79.9. The van der Waals surface area contributed by atoms with Crippen LogP contribution in [0, 0.1) is 0 Å². The monoisotopic (exact) mass is 328 g/mol. The summed E-state index contributed by atoms with van der Waals surface area (Å²) in [4.78, 5) is 4.25. The van der Waals surface area contributed by atoms with Gasteiger partial charge < -0.3 is 9.73 Å². The van der Waals surface area contributed by atoms with Crippen molar-refractivity contribution >= 4 is 27.5 Å². The van der Waals surface area contributed by atoms with Gasteiger partial charge in [-0.25, -0.2) is 4.98 Å². The first-order valence-corrected chi connectivity index (χ1v) is 6.99. The van der Waals surface area contributed by atoms with Crippen LogP contribution in [0.2, 0.25) is 5.02 Å². The molecule has 0 spiro atoms. The fourth-order valence-corrected chi connectivity index (χ4v) is 2.20. The molecule has 1 N–H and O–H groups in total. The number of rotatable bonds is 5. The van der Waals surface area contributed by atoms with E-state index in [1.165, 1.54) is 0 Å². The van der Waals surface area contributed by atoms with E-state index in [-0.39, 0.29) is 0 Å². The lowest BCUT2D eigenvalue weighted by Crippen LogP contribution is -2.16. The van der Waals surface area contributed by atoms with Crippen LogP contribution in [0.4, 0.5) is 0 Å². The summed E-state index contributed by atoms with van der Waals surface area (Å²) in [5, 5.41) is 3.88. The van der Waals surface area contributed by atoms with Crippen molar-refractivity contribution in [2.75, 3.05) is 13.1 Å². The molecule has 0 fully saturated rings. The maximum atomic E-state index is 6.22. The highest BCUT2D eigenvalue weighted by Gasteiger charge is 2.11. The summed E-state index contributed by atoms with van der Waals surface area (Å²) in [5.74, 6) is 1.43. The average Bonchev–Trinajstić information content (AvgIpc) is 2.82. The molecule has 2 rings (SSSR count). The lowest BCUT2D eigenvalue weighted by Gasteiger charge is -2.02. The first-order chi connectivity index (χ1) is 8.72. The molecule has 1 aromatic heterocycles. The summed E-state index contributed by atoms with van der Waals surface area (Å²) >= 11 is 9.61. The highest BCUT2D eigenvalue weighted by molar-refractivity contribution is 9.10. The molecule has 0 aliphatic rings. The molecule has 0 bridgehead atoms. The number of aromatic nitrogens is 1. The number of nitrogens with one attached hydrogen (secondary N) is 1. The molecular weight excluding hydrogens is 316 g/mol. The lowest BCUT2D eigenvalue weighted by molar-refractivity contribution is 0.497. The minimum absolute atomic E-state index is 0.645. The molecule has 0 unspecified atom stereocenters. The molecule has 0 amide bonds. The van der Waals surface area contributed by atoms with E-state index in [2.05, 4.69) is 33.2 Å². The molecule has 0 aliphatic heterocycles. The normalized spacial score (nSPS) is 10.8. The Balaban J connectivity index is 2.16. The summed E-state index contributed by atoms with van der Waals surface area (Å²) in [6, 6.07) is 5.74. The number of benzene rings is 1. The standard InChI is InChI=1S/C13H14BrClN2O/c1-2-16-7-6-12-17-8-11(18-12)9-4-3-5-10(14)13(9)15/h3-5,8,16H,2,6-7H2,1H3. The molecule has 0 saturated carbocycles. The quantitative estimate of drug-likeness (QED) is 0.845. The van der Waals surface area contributed by atoms with Crippen LogP contribution in [0.1, 0.15) is 12.8 Å². The van der Waals surface area contributed by atoms with Gasteiger partial charge in [0.1, 0.15) is 0 Å². The summed E-state index contributed by atoms with van der Waals surface area (Å²) in [5.41, 5.74) is 0.855. The van der Waals surface area contributed by atoms with Gasteiger partial charge in [-0.05, 0) is 34.6 Å². The first-order valence-electron chi connectivity index (χ1n) is 5.82. The van der Waals surface area contributed by atoms with Crippen LogP contribution < -0.4 is 5.32 Å². The van der Waals surface area contributed by atoms with Crippen LogP contribution in [-0.2, 0) is 6.42 Å². The molecule has 96 valence electrons. The minimum Gasteiger partial charge on any atom is -0.441 e. The Morgan fingerprint density at radius 1 is 1.44 bits per heavy atom. The minimum atomic E-state index is 0.645. The average molecular weight is 330 g/mol. The van der Waals surface area contributed by atoms with Crippen molar-refractivity contribution in [3.8, 4) is 11.3 Å². The summed E-state index contributed by atoms with van der Waals surface area (Å²) in [6.45, 7) is 3.88. The van der Waals surface area contributed by atoms with Gasteiger partial charge in [-0.15, -0.1) is 0 Å². The van der Waals surface area contributed by atoms with Crippen molar-refractivity contribution in [3.63, 3.8) is 0 Å². The van der Waals surface area contributed by atoms with E-state index in [4.69, 9.17) is 16.0 Å². The van der Waals surface area contributed by atoms with Crippen LogP contribution in [0.15, 0.2) is 33.3 Å². The Labute approximate surface area is 120 Å². The van der Waals surface area contributed by atoms with Crippen molar-refractivity contribution in [1.29, 1.82) is 0 Å². The fraction of sp³-hybridized carbons (Fsp3) is 0.308. The van der Waals surface area contributed by atoms with E-state index < -0.39 is 0 Å². The molecule has 0 saturated heterocycles. The summed E-state index contributed by atoms with van der Waals surface area (Å²) < 4.78 is 6.55. The molecule has 18 heavy (non-hydrogen) atoms. The summed E-state index contributed by atoms with van der Waals surface area (Å²) in [6.07, 6.45) is 2.49. The fourth-order valence-electron chi connectivity index (χ4n) is 1.62. The van der Waals surface area contributed by atoms with Gasteiger partial charge in [0, 0.05) is 23.0 Å². The van der Waals surface area contributed by atoms with Crippen LogP contribution in [0.25, 0.3) is 11.3 Å². The Morgan fingerprint density at radius 2 is 2.28 bits per heavy atom. The second-order valence-corrected chi connectivity index (χ2v) is 5.06. The van der Waals surface area contributed by atoms with Gasteiger partial charge in [0.2, 0.25) is 0 Å². The zero-order chi connectivity index (χ0) is 13.0. The molecule has 3 nitrogen and oxygen atoms in total. The van der Waals surface area contributed by atoms with E-state index in [9.17, 15) is 0 Å². The van der Waals surface area contributed by atoms with Gasteiger partial charge >= 0.3 is 0 Å². The van der Waals surface area contributed by atoms with Crippen LogP contribution >= 0.6 is 27.5 Å². The third-order valence-corrected chi connectivity index (χ3v) is 3.83. The molecule has 0 atom stereocenters. The Kier molecular flexibility index (Phi) is 4.80. The predicted molar refractivity (Wildman–Crippen MR) is 76.9 cm³/mol. The number of nitrogens with zero attached hydrogens (tertiary/aromatic N) is 1. The van der Waals surface area contributed by atoms with Crippen molar-refractivity contribution in [2.24, 2.45) is 0 Å². The zero-order valence-corrected chi connectivity index (χ0v) is 12.4. The topological polar surface area (TPSA) is 38.1 Å². The van der Waals surface area contributed by atoms with E-state index in [0.717, 1.165) is 35.4 Å². The summed E-state index contributed by atoms with van der Waals surface area (Å²) in [7, 11) is 0. The van der Waals surface area contributed by atoms with Gasteiger partial charge in [0.25, 0.3) is 0 Å². The van der Waals surface area contributed by atoms with Crippen LogP contribution in [0.3, 0.4) is 0 Å². The SMILES string of the molecule is CCNCCc1ncc(-c2cccc(Br)c2Cl)o1. The Hall–Kier alpha value is -0.840. The molecular formula is C13H14BrClN2O. The van der Waals surface area contributed by atoms with Crippen LogP contribution in [0.5, 0.6) is 0 Å². The Morgan fingerprint density at radius 3 is 3.06 bits per heavy atom. The Bertz CT molecular complexity index is 527. The maximum Gasteiger partial charge on any atom is 0.196 e. The lowest BCUT2D eigenvalue weighted by atomic mass is 10.2. The third kappa shape index (κ3) is 3.13. The number of hydrogen-bond donors (Lipinski definition) is 1. The number of hydrogen-bond acceptors (Lipinski definition) is 3. The zero-order valence-electron chi connectivity index (χ0n) is 10.0. The van der Waals surface area contributed by atoms with Crippen molar-refractivity contribution in [2.45, 2.75) is 13.3 Å².